The molecule has 16 nitrogen and oxygen atoms in total. The van der Waals surface area contributed by atoms with E-state index in [4.69, 9.17) is 5.11 Å². The van der Waals surface area contributed by atoms with Crippen LogP contribution in [0.15, 0.2) is 24.3 Å². The largest absolute Gasteiger partial charge is 0.508 e. The fraction of sp³-hybridized carbons (Fsp3) is 0.536. The SMILES string of the molecule is CC(=O)N[C@H](Cc1ccc(O)cc1)C(=O)N1CCC[C@H]1C(=O)N1C[C@H](O)C[C@@H]1C(=O)NCC(=O)N[C@H](C)C(=O)NCC(=O)O. The first kappa shape index (κ1) is 33.8. The summed E-state index contributed by atoms with van der Waals surface area (Å²) in [6.45, 7) is 1.51. The molecule has 0 radical (unpaired) electrons. The summed E-state index contributed by atoms with van der Waals surface area (Å²) in [6.07, 6.45) is -0.190. The predicted molar refractivity (Wildman–Crippen MR) is 152 cm³/mol. The Hall–Kier alpha value is -4.73. The Morgan fingerprint density at radius 3 is 2.27 bits per heavy atom. The summed E-state index contributed by atoms with van der Waals surface area (Å²) in [6, 6.07) is 2.03. The monoisotopic (exact) mass is 618 g/mol. The molecule has 0 aliphatic carbocycles. The number of phenolic OH excluding ortho intramolecular Hbond substituents is 1. The fourth-order valence-corrected chi connectivity index (χ4v) is 5.26. The van der Waals surface area contributed by atoms with Crippen LogP contribution in [0.1, 0.15) is 38.7 Å². The lowest BCUT2D eigenvalue weighted by Gasteiger charge is -2.32. The minimum Gasteiger partial charge on any atom is -0.508 e. The molecule has 2 aliphatic rings. The van der Waals surface area contributed by atoms with Crippen molar-refractivity contribution < 1.29 is 48.9 Å². The number of rotatable bonds is 12. The van der Waals surface area contributed by atoms with Crippen molar-refractivity contribution in [2.75, 3.05) is 26.2 Å². The van der Waals surface area contributed by atoms with Crippen LogP contribution in [-0.4, -0.2) is 123 Å². The molecule has 44 heavy (non-hydrogen) atoms. The number of nitrogens with one attached hydrogen (secondary N) is 4. The van der Waals surface area contributed by atoms with Gasteiger partial charge in [0.25, 0.3) is 0 Å². The second kappa shape index (κ2) is 15.1. The van der Waals surface area contributed by atoms with Gasteiger partial charge in [-0.3, -0.25) is 33.6 Å². The molecule has 16 heteroatoms. The Labute approximate surface area is 253 Å². The maximum atomic E-state index is 13.7. The number of hydrogen-bond acceptors (Lipinski definition) is 9. The normalized spacial score (nSPS) is 20.8. The molecule has 0 bridgehead atoms. The third-order valence-electron chi connectivity index (χ3n) is 7.35. The Morgan fingerprint density at radius 1 is 0.955 bits per heavy atom. The zero-order valence-corrected chi connectivity index (χ0v) is 24.4. The van der Waals surface area contributed by atoms with E-state index in [0.717, 1.165) is 0 Å². The zero-order chi connectivity index (χ0) is 32.6. The van der Waals surface area contributed by atoms with Crippen molar-refractivity contribution in [3.05, 3.63) is 29.8 Å². The third kappa shape index (κ3) is 9.13. The van der Waals surface area contributed by atoms with Gasteiger partial charge in [0, 0.05) is 32.9 Å². The Bertz CT molecular complexity index is 1270. The zero-order valence-electron chi connectivity index (χ0n) is 24.4. The minimum absolute atomic E-state index is 0.0447. The molecule has 2 aliphatic heterocycles. The van der Waals surface area contributed by atoms with Crippen LogP contribution in [-0.2, 0) is 40.0 Å². The first-order chi connectivity index (χ1) is 20.8. The average molecular weight is 619 g/mol. The molecule has 1 aromatic rings. The van der Waals surface area contributed by atoms with E-state index in [1.165, 1.54) is 35.8 Å². The van der Waals surface area contributed by atoms with Crippen molar-refractivity contribution in [2.24, 2.45) is 0 Å². The molecular formula is C28H38N6O10. The molecule has 3 rings (SSSR count). The molecular weight excluding hydrogens is 580 g/mol. The van der Waals surface area contributed by atoms with Gasteiger partial charge < -0.3 is 46.4 Å². The van der Waals surface area contributed by atoms with Gasteiger partial charge in [-0.25, -0.2) is 0 Å². The molecule has 2 fully saturated rings. The van der Waals surface area contributed by atoms with E-state index in [0.29, 0.717) is 18.4 Å². The number of carbonyl (C=O) groups is 7. The molecule has 1 aromatic carbocycles. The molecule has 2 saturated heterocycles. The number of carbonyl (C=O) groups excluding carboxylic acids is 6. The molecule has 2 heterocycles. The maximum Gasteiger partial charge on any atom is 0.322 e. The van der Waals surface area contributed by atoms with Crippen LogP contribution in [0.5, 0.6) is 5.75 Å². The molecule has 0 saturated carbocycles. The van der Waals surface area contributed by atoms with Crippen LogP contribution in [0.3, 0.4) is 0 Å². The number of carboxylic acid groups (broad SMARTS) is 1. The predicted octanol–water partition coefficient (Wildman–Crippen LogP) is -2.79. The number of aromatic hydroxyl groups is 1. The van der Waals surface area contributed by atoms with Crippen LogP contribution in [0.2, 0.25) is 0 Å². The molecule has 7 N–H and O–H groups in total. The van der Waals surface area contributed by atoms with Gasteiger partial charge in [0.05, 0.1) is 12.6 Å². The van der Waals surface area contributed by atoms with Crippen LogP contribution in [0, 0.1) is 0 Å². The number of amides is 6. The summed E-state index contributed by atoms with van der Waals surface area (Å²) < 4.78 is 0. The Morgan fingerprint density at radius 2 is 1.64 bits per heavy atom. The molecule has 0 aromatic heterocycles. The van der Waals surface area contributed by atoms with E-state index in [9.17, 15) is 43.8 Å². The number of aliphatic carboxylic acids is 1. The van der Waals surface area contributed by atoms with Crippen LogP contribution < -0.4 is 21.3 Å². The highest BCUT2D eigenvalue weighted by molar-refractivity contribution is 5.96. The van der Waals surface area contributed by atoms with Crippen LogP contribution in [0.25, 0.3) is 0 Å². The topological polar surface area (TPSA) is 235 Å². The van der Waals surface area contributed by atoms with E-state index in [1.807, 2.05) is 0 Å². The smallest absolute Gasteiger partial charge is 0.322 e. The lowest BCUT2D eigenvalue weighted by atomic mass is 10.0. The lowest BCUT2D eigenvalue weighted by molar-refractivity contribution is -0.148. The molecule has 5 atom stereocenters. The maximum absolute atomic E-state index is 13.7. The summed E-state index contributed by atoms with van der Waals surface area (Å²) in [5, 5.41) is 38.0. The molecule has 240 valence electrons. The molecule has 0 unspecified atom stereocenters. The number of likely N-dealkylation sites (tertiary alicyclic amines) is 2. The third-order valence-corrected chi connectivity index (χ3v) is 7.35. The van der Waals surface area contributed by atoms with Gasteiger partial charge in [-0.05, 0) is 37.5 Å². The molecule has 0 spiro atoms. The number of β-amino-alcohol motifs (C(OH)–C–C–N with tert-alkyl or cyclic N) is 1. The summed E-state index contributed by atoms with van der Waals surface area (Å²) in [7, 11) is 0. The minimum atomic E-state index is -1.26. The van der Waals surface area contributed by atoms with E-state index < -0.39 is 84.8 Å². The number of aliphatic hydroxyl groups is 1. The Balaban J connectivity index is 1.64. The van der Waals surface area contributed by atoms with Gasteiger partial charge in [-0.15, -0.1) is 0 Å². The van der Waals surface area contributed by atoms with E-state index in [2.05, 4.69) is 21.3 Å². The van der Waals surface area contributed by atoms with Gasteiger partial charge in [0.15, 0.2) is 0 Å². The number of carboxylic acids is 1. The summed E-state index contributed by atoms with van der Waals surface area (Å²) in [5.74, 6) is -4.87. The van der Waals surface area contributed by atoms with E-state index in [1.54, 1.807) is 12.1 Å². The average Bonchev–Trinajstić information content (AvgIpc) is 3.61. The molecule has 6 amide bonds. The van der Waals surface area contributed by atoms with E-state index >= 15 is 0 Å². The quantitative estimate of drug-likeness (QED) is 0.127. The van der Waals surface area contributed by atoms with Crippen LogP contribution >= 0.6 is 0 Å². The van der Waals surface area contributed by atoms with Gasteiger partial charge in [0.2, 0.25) is 35.4 Å². The van der Waals surface area contributed by atoms with Crippen molar-refractivity contribution in [3.63, 3.8) is 0 Å². The van der Waals surface area contributed by atoms with Gasteiger partial charge in [-0.2, -0.15) is 0 Å². The van der Waals surface area contributed by atoms with Crippen molar-refractivity contribution in [1.82, 2.24) is 31.1 Å². The summed E-state index contributed by atoms with van der Waals surface area (Å²) >= 11 is 0. The van der Waals surface area contributed by atoms with Crippen molar-refractivity contribution in [1.29, 1.82) is 0 Å². The summed E-state index contributed by atoms with van der Waals surface area (Å²) in [4.78, 5) is 89.5. The lowest BCUT2D eigenvalue weighted by Crippen LogP contribution is -2.57. The standard InChI is InChI=1S/C28H38N6O10/c1-15(25(41)30-13-24(39)40)31-23(38)12-29-26(42)22-11-19(37)14-34(22)28(44)21-4-3-9-33(21)27(43)20(32-16(2)35)10-17-5-7-18(36)8-6-17/h5-8,15,19-22,36-37H,3-4,9-14H2,1-2H3,(H,29,42)(H,30,41)(H,31,38)(H,32,35)(H,39,40)/t15-,19-,20-,21+,22-/m1/s1. The highest BCUT2D eigenvalue weighted by atomic mass is 16.4. The number of aliphatic hydroxyl groups excluding tert-OH is 1. The van der Waals surface area contributed by atoms with Crippen LogP contribution in [0.4, 0.5) is 0 Å². The number of nitrogens with zero attached hydrogens (tertiary/aromatic N) is 2. The first-order valence-corrected chi connectivity index (χ1v) is 14.2. The van der Waals surface area contributed by atoms with Crippen molar-refractivity contribution in [2.45, 2.75) is 69.8 Å². The number of benzene rings is 1. The Kier molecular flexibility index (Phi) is 11.6. The van der Waals surface area contributed by atoms with E-state index in [-0.39, 0.29) is 31.7 Å². The first-order valence-electron chi connectivity index (χ1n) is 14.2. The number of phenols is 1. The summed E-state index contributed by atoms with van der Waals surface area (Å²) in [5.41, 5.74) is 0.677. The van der Waals surface area contributed by atoms with Gasteiger partial charge >= 0.3 is 5.97 Å². The number of hydrogen-bond donors (Lipinski definition) is 7. The highest BCUT2D eigenvalue weighted by Crippen LogP contribution is 2.26. The van der Waals surface area contributed by atoms with Gasteiger partial charge in [0.1, 0.15) is 36.5 Å². The van der Waals surface area contributed by atoms with Crippen molar-refractivity contribution in [3.8, 4) is 5.75 Å². The second-order valence-electron chi connectivity index (χ2n) is 10.8. The van der Waals surface area contributed by atoms with Crippen molar-refractivity contribution >= 4 is 41.4 Å². The second-order valence-corrected chi connectivity index (χ2v) is 10.8. The highest BCUT2D eigenvalue weighted by Gasteiger charge is 2.45. The van der Waals surface area contributed by atoms with Gasteiger partial charge in [-0.1, -0.05) is 12.1 Å². The fourth-order valence-electron chi connectivity index (χ4n) is 5.26.